The first-order valence-electron chi connectivity index (χ1n) is 7.68. The number of aromatic nitrogens is 3. The van der Waals surface area contributed by atoms with Gasteiger partial charge in [-0.2, -0.15) is 0 Å². The van der Waals surface area contributed by atoms with Gasteiger partial charge < -0.3 is 23.9 Å². The molecule has 0 fully saturated rings. The molecule has 0 bridgehead atoms. The molecule has 1 aromatic carbocycles. The fraction of sp³-hybridized carbons (Fsp3) is 0.294. The zero-order chi connectivity index (χ0) is 17.4. The summed E-state index contributed by atoms with van der Waals surface area (Å²) in [6.45, 7) is 2.23. The number of nitrogens with zero attached hydrogens (tertiary/aromatic N) is 2. The van der Waals surface area contributed by atoms with E-state index >= 15 is 0 Å². The first kappa shape index (κ1) is 15.9. The molecule has 4 rings (SSSR count). The number of pyridine rings is 1. The van der Waals surface area contributed by atoms with E-state index in [4.69, 9.17) is 18.9 Å². The van der Waals surface area contributed by atoms with Gasteiger partial charge in [-0.3, -0.25) is 4.98 Å². The summed E-state index contributed by atoms with van der Waals surface area (Å²) in [5.41, 5.74) is 3.66. The molecule has 1 aliphatic heterocycles. The number of nitrogens with one attached hydrogen (secondary N) is 1. The van der Waals surface area contributed by atoms with Gasteiger partial charge in [-0.05, 0) is 6.92 Å². The predicted octanol–water partition coefficient (Wildman–Crippen LogP) is 3.30. The Kier molecular flexibility index (Phi) is 4.04. The predicted molar refractivity (Wildman–Crippen MR) is 93.9 cm³/mol. The highest BCUT2D eigenvalue weighted by Crippen LogP contribution is 2.37. The maximum Gasteiger partial charge on any atom is 0.231 e. The summed E-state index contributed by atoms with van der Waals surface area (Å²) in [7, 11) is 3.23. The van der Waals surface area contributed by atoms with Gasteiger partial charge in [0.05, 0.1) is 37.1 Å². The molecule has 0 radical (unpaired) electrons. The lowest BCUT2D eigenvalue weighted by atomic mass is 10.2. The Balaban J connectivity index is 1.56. The number of rotatable bonds is 5. The van der Waals surface area contributed by atoms with Crippen LogP contribution in [0, 0.1) is 6.92 Å². The highest BCUT2D eigenvalue weighted by atomic mass is 32.2. The minimum Gasteiger partial charge on any atom is -0.492 e. The van der Waals surface area contributed by atoms with E-state index in [2.05, 4.69) is 15.0 Å². The second-order valence-corrected chi connectivity index (χ2v) is 6.45. The molecule has 130 valence electrons. The van der Waals surface area contributed by atoms with Crippen molar-refractivity contribution in [3.63, 3.8) is 0 Å². The Morgan fingerprint density at radius 2 is 2.00 bits per heavy atom. The zero-order valence-corrected chi connectivity index (χ0v) is 14.9. The summed E-state index contributed by atoms with van der Waals surface area (Å²) in [5, 5.41) is 0.814. The van der Waals surface area contributed by atoms with E-state index in [0.717, 1.165) is 38.9 Å². The van der Waals surface area contributed by atoms with Crippen LogP contribution >= 0.6 is 11.8 Å². The van der Waals surface area contributed by atoms with E-state index in [0.29, 0.717) is 17.3 Å². The molecular formula is C17H17N3O4S. The number of imidazole rings is 1. The van der Waals surface area contributed by atoms with Crippen LogP contribution in [0.1, 0.15) is 11.3 Å². The van der Waals surface area contributed by atoms with Gasteiger partial charge >= 0.3 is 0 Å². The summed E-state index contributed by atoms with van der Waals surface area (Å²) in [6.07, 6.45) is 1.68. The lowest BCUT2D eigenvalue weighted by Gasteiger charge is -2.12. The van der Waals surface area contributed by atoms with Crippen molar-refractivity contribution >= 4 is 22.8 Å². The van der Waals surface area contributed by atoms with Crippen LogP contribution in [-0.4, -0.2) is 36.0 Å². The maximum absolute atomic E-state index is 5.43. The van der Waals surface area contributed by atoms with Gasteiger partial charge in [0.15, 0.2) is 28.2 Å². The van der Waals surface area contributed by atoms with Gasteiger partial charge in [-0.15, -0.1) is 0 Å². The standard InChI is InChI=1S/C17H17N3O4S/c1-9-12(18-6-15(21-2)16(9)22-3)7-25-17-19-10-4-13-14(24-8-23-13)5-11(10)20-17/h4-6H,7-8H2,1-3H3,(H,19,20). The van der Waals surface area contributed by atoms with Crippen molar-refractivity contribution in [2.45, 2.75) is 17.8 Å². The van der Waals surface area contributed by atoms with Gasteiger partial charge in [0.1, 0.15) is 0 Å². The number of methoxy groups -OCH3 is 2. The third-order valence-corrected chi connectivity index (χ3v) is 4.94. The lowest BCUT2D eigenvalue weighted by molar-refractivity contribution is 0.174. The number of aromatic amines is 1. The fourth-order valence-electron chi connectivity index (χ4n) is 2.73. The molecule has 0 aliphatic carbocycles. The molecular weight excluding hydrogens is 342 g/mol. The van der Waals surface area contributed by atoms with Crippen LogP contribution in [-0.2, 0) is 5.75 Å². The number of benzene rings is 1. The highest BCUT2D eigenvalue weighted by Gasteiger charge is 2.17. The van der Waals surface area contributed by atoms with Crippen molar-refractivity contribution < 1.29 is 18.9 Å². The van der Waals surface area contributed by atoms with Crippen LogP contribution in [0.4, 0.5) is 0 Å². The van der Waals surface area contributed by atoms with E-state index in [1.165, 1.54) is 0 Å². The molecule has 0 spiro atoms. The van der Waals surface area contributed by atoms with Crippen LogP contribution in [0.2, 0.25) is 0 Å². The topological polar surface area (TPSA) is 78.5 Å². The first-order valence-corrected chi connectivity index (χ1v) is 8.66. The monoisotopic (exact) mass is 359 g/mol. The number of hydrogen-bond donors (Lipinski definition) is 1. The van der Waals surface area contributed by atoms with Crippen LogP contribution in [0.25, 0.3) is 11.0 Å². The quantitative estimate of drug-likeness (QED) is 0.700. The summed E-state index contributed by atoms with van der Waals surface area (Å²) in [5.74, 6) is 3.48. The molecule has 25 heavy (non-hydrogen) atoms. The minimum atomic E-state index is 0.258. The molecule has 8 heteroatoms. The van der Waals surface area contributed by atoms with Gasteiger partial charge in [-0.1, -0.05) is 11.8 Å². The van der Waals surface area contributed by atoms with E-state index in [9.17, 15) is 0 Å². The van der Waals surface area contributed by atoms with Gasteiger partial charge in [0, 0.05) is 23.4 Å². The van der Waals surface area contributed by atoms with Crippen LogP contribution in [0.15, 0.2) is 23.5 Å². The van der Waals surface area contributed by atoms with E-state index in [-0.39, 0.29) is 6.79 Å². The van der Waals surface area contributed by atoms with E-state index in [1.54, 1.807) is 32.2 Å². The second kappa shape index (κ2) is 6.36. The molecule has 0 saturated heterocycles. The zero-order valence-electron chi connectivity index (χ0n) is 14.1. The average Bonchev–Trinajstić information content (AvgIpc) is 3.23. The Morgan fingerprint density at radius 1 is 1.20 bits per heavy atom. The van der Waals surface area contributed by atoms with E-state index < -0.39 is 0 Å². The van der Waals surface area contributed by atoms with Gasteiger partial charge in [0.2, 0.25) is 6.79 Å². The van der Waals surface area contributed by atoms with E-state index in [1.807, 2.05) is 19.1 Å². The molecule has 3 aromatic rings. The number of ether oxygens (including phenoxy) is 4. The summed E-state index contributed by atoms with van der Waals surface area (Å²) < 4.78 is 21.5. The Bertz CT molecular complexity index is 900. The number of thioether (sulfide) groups is 1. The van der Waals surface area contributed by atoms with Crippen LogP contribution in [0.3, 0.4) is 0 Å². The van der Waals surface area contributed by atoms with Crippen molar-refractivity contribution in [1.29, 1.82) is 0 Å². The van der Waals surface area contributed by atoms with Crippen molar-refractivity contribution in [3.8, 4) is 23.0 Å². The molecule has 0 saturated carbocycles. The third-order valence-electron chi connectivity index (χ3n) is 4.06. The maximum atomic E-state index is 5.43. The Morgan fingerprint density at radius 3 is 2.76 bits per heavy atom. The minimum absolute atomic E-state index is 0.258. The molecule has 0 amide bonds. The summed E-state index contributed by atoms with van der Waals surface area (Å²) in [6, 6.07) is 3.80. The Labute approximate surface area is 148 Å². The van der Waals surface area contributed by atoms with Crippen molar-refractivity contribution in [2.75, 3.05) is 21.0 Å². The molecule has 1 aliphatic rings. The third kappa shape index (κ3) is 2.82. The molecule has 0 atom stereocenters. The lowest BCUT2D eigenvalue weighted by Crippen LogP contribution is -1.99. The number of H-pyrrole nitrogens is 1. The average molecular weight is 359 g/mol. The smallest absolute Gasteiger partial charge is 0.231 e. The second-order valence-electron chi connectivity index (χ2n) is 5.48. The Hall–Kier alpha value is -2.61. The fourth-order valence-corrected chi connectivity index (χ4v) is 3.64. The highest BCUT2D eigenvalue weighted by molar-refractivity contribution is 7.98. The first-order chi connectivity index (χ1) is 12.2. The molecule has 1 N–H and O–H groups in total. The number of fused-ring (bicyclic) bond motifs is 2. The van der Waals surface area contributed by atoms with Crippen LogP contribution < -0.4 is 18.9 Å². The summed E-state index contributed by atoms with van der Waals surface area (Å²) in [4.78, 5) is 12.4. The number of hydrogen-bond acceptors (Lipinski definition) is 7. The molecule has 2 aromatic heterocycles. The van der Waals surface area contributed by atoms with Crippen LogP contribution in [0.5, 0.6) is 23.0 Å². The van der Waals surface area contributed by atoms with Gasteiger partial charge in [-0.25, -0.2) is 4.98 Å². The van der Waals surface area contributed by atoms with Crippen molar-refractivity contribution in [2.24, 2.45) is 0 Å². The SMILES string of the molecule is COc1cnc(CSc2nc3cc4c(cc3[nH]2)OCO4)c(C)c1OC. The molecule has 0 unspecified atom stereocenters. The largest absolute Gasteiger partial charge is 0.492 e. The molecule has 7 nitrogen and oxygen atoms in total. The van der Waals surface area contributed by atoms with Crippen molar-refractivity contribution in [3.05, 3.63) is 29.6 Å². The normalized spacial score (nSPS) is 12.6. The van der Waals surface area contributed by atoms with Gasteiger partial charge in [0.25, 0.3) is 0 Å². The summed E-state index contributed by atoms with van der Waals surface area (Å²) >= 11 is 1.58. The molecule has 3 heterocycles. The van der Waals surface area contributed by atoms with Crippen molar-refractivity contribution in [1.82, 2.24) is 15.0 Å².